The molecule has 6 nitrogen and oxygen atoms in total. The third-order valence-electron chi connectivity index (χ3n) is 5.34. The number of carbonyl (C=O) groups is 1. The third-order valence-corrected chi connectivity index (χ3v) is 5.34. The molecule has 1 aromatic heterocycles. The van der Waals surface area contributed by atoms with Crippen molar-refractivity contribution in [1.82, 2.24) is 15.0 Å². The molecular weight excluding hydrogens is 378 g/mol. The van der Waals surface area contributed by atoms with E-state index in [2.05, 4.69) is 43.0 Å². The van der Waals surface area contributed by atoms with E-state index in [4.69, 9.17) is 9.26 Å². The number of benzene rings is 2. The van der Waals surface area contributed by atoms with Crippen LogP contribution in [0, 0.1) is 0 Å². The maximum atomic E-state index is 12.2. The topological polar surface area (TPSA) is 68.5 Å². The molecule has 1 amide bonds. The van der Waals surface area contributed by atoms with Gasteiger partial charge in [-0.1, -0.05) is 50.2 Å². The van der Waals surface area contributed by atoms with Crippen LogP contribution >= 0.6 is 0 Å². The Morgan fingerprint density at radius 2 is 1.80 bits per heavy atom. The van der Waals surface area contributed by atoms with Gasteiger partial charge >= 0.3 is 0 Å². The molecular formula is C24H27N3O3. The normalized spacial score (nSPS) is 14.2. The van der Waals surface area contributed by atoms with Crippen molar-refractivity contribution in [3.63, 3.8) is 0 Å². The van der Waals surface area contributed by atoms with E-state index in [1.807, 2.05) is 41.3 Å². The molecule has 0 unspecified atom stereocenters. The second kappa shape index (κ2) is 8.30. The summed E-state index contributed by atoms with van der Waals surface area (Å²) in [6.45, 7) is 8.23. The van der Waals surface area contributed by atoms with Gasteiger partial charge in [-0.05, 0) is 48.1 Å². The van der Waals surface area contributed by atoms with E-state index in [9.17, 15) is 4.79 Å². The van der Waals surface area contributed by atoms with E-state index in [1.165, 1.54) is 5.56 Å². The number of hydrogen-bond acceptors (Lipinski definition) is 5. The molecule has 0 radical (unpaired) electrons. The first kappa shape index (κ1) is 20.1. The maximum absolute atomic E-state index is 12.2. The summed E-state index contributed by atoms with van der Waals surface area (Å²) >= 11 is 0. The monoisotopic (exact) mass is 405 g/mol. The Hall–Kier alpha value is -3.15. The minimum atomic E-state index is 0.0263. The van der Waals surface area contributed by atoms with Gasteiger partial charge in [0.05, 0.1) is 0 Å². The van der Waals surface area contributed by atoms with E-state index < -0.39 is 0 Å². The fourth-order valence-corrected chi connectivity index (χ4v) is 3.50. The molecule has 156 valence electrons. The van der Waals surface area contributed by atoms with Crippen molar-refractivity contribution in [2.45, 2.75) is 39.0 Å². The van der Waals surface area contributed by atoms with Crippen LogP contribution in [0.5, 0.6) is 5.75 Å². The number of rotatable bonds is 5. The molecule has 0 aliphatic carbocycles. The highest BCUT2D eigenvalue weighted by Gasteiger charge is 2.19. The molecule has 3 aromatic rings. The van der Waals surface area contributed by atoms with E-state index in [1.54, 1.807) is 0 Å². The summed E-state index contributed by atoms with van der Waals surface area (Å²) < 4.78 is 11.2. The van der Waals surface area contributed by atoms with Gasteiger partial charge in [0.2, 0.25) is 5.82 Å². The molecule has 2 aromatic carbocycles. The standard InChI is InChI=1S/C24H27N3O3/c1-24(2,3)19-11-9-17(10-12-19)23-25-22(26-30-23)18-7-6-8-20(15-18)29-16-21(28)27-13-4-5-14-27/h6-12,15H,4-5,13-14,16H2,1-3H3. The molecule has 1 aliphatic rings. The highest BCUT2D eigenvalue weighted by Crippen LogP contribution is 2.28. The van der Waals surface area contributed by atoms with Crippen molar-refractivity contribution in [3.05, 3.63) is 54.1 Å². The zero-order chi connectivity index (χ0) is 21.1. The molecule has 6 heteroatoms. The number of nitrogens with zero attached hydrogens (tertiary/aromatic N) is 3. The van der Waals surface area contributed by atoms with Gasteiger partial charge < -0.3 is 14.2 Å². The summed E-state index contributed by atoms with van der Waals surface area (Å²) in [7, 11) is 0. The fraction of sp³-hybridized carbons (Fsp3) is 0.375. The van der Waals surface area contributed by atoms with Gasteiger partial charge in [0.15, 0.2) is 6.61 Å². The van der Waals surface area contributed by atoms with Crippen LogP contribution in [0.25, 0.3) is 22.8 Å². The van der Waals surface area contributed by atoms with Crippen LogP contribution in [0.1, 0.15) is 39.2 Å². The molecule has 1 saturated heterocycles. The Kier molecular flexibility index (Phi) is 5.57. The van der Waals surface area contributed by atoms with Crippen LogP contribution in [-0.4, -0.2) is 40.6 Å². The SMILES string of the molecule is CC(C)(C)c1ccc(-c2nc(-c3cccc(OCC(=O)N4CCCC4)c3)no2)cc1. The zero-order valence-electron chi connectivity index (χ0n) is 17.7. The van der Waals surface area contributed by atoms with Crippen LogP contribution in [0.3, 0.4) is 0 Å². The molecule has 0 atom stereocenters. The fourth-order valence-electron chi connectivity index (χ4n) is 3.50. The minimum absolute atomic E-state index is 0.0263. The number of aromatic nitrogens is 2. The maximum Gasteiger partial charge on any atom is 0.260 e. The second-order valence-electron chi connectivity index (χ2n) is 8.65. The summed E-state index contributed by atoms with van der Waals surface area (Å²) in [5.74, 6) is 1.60. The Balaban J connectivity index is 1.45. The van der Waals surface area contributed by atoms with Crippen molar-refractivity contribution in [2.75, 3.05) is 19.7 Å². The first-order valence-corrected chi connectivity index (χ1v) is 10.4. The molecule has 30 heavy (non-hydrogen) atoms. The molecule has 1 fully saturated rings. The van der Waals surface area contributed by atoms with Gasteiger partial charge in [-0.3, -0.25) is 4.79 Å². The van der Waals surface area contributed by atoms with Crippen molar-refractivity contribution >= 4 is 5.91 Å². The highest BCUT2D eigenvalue weighted by atomic mass is 16.5. The Bertz CT molecular complexity index is 1010. The number of ether oxygens (including phenoxy) is 1. The van der Waals surface area contributed by atoms with E-state index >= 15 is 0 Å². The Labute approximate surface area is 176 Å². The Morgan fingerprint density at radius 1 is 1.07 bits per heavy atom. The number of likely N-dealkylation sites (tertiary alicyclic amines) is 1. The molecule has 2 heterocycles. The summed E-state index contributed by atoms with van der Waals surface area (Å²) in [5, 5.41) is 4.12. The number of hydrogen-bond donors (Lipinski definition) is 0. The third kappa shape index (κ3) is 4.53. The first-order chi connectivity index (χ1) is 14.4. The van der Waals surface area contributed by atoms with Crippen LogP contribution in [0.4, 0.5) is 0 Å². The highest BCUT2D eigenvalue weighted by molar-refractivity contribution is 5.78. The van der Waals surface area contributed by atoms with Gasteiger partial charge in [-0.15, -0.1) is 0 Å². The van der Waals surface area contributed by atoms with Crippen molar-refractivity contribution in [1.29, 1.82) is 0 Å². The van der Waals surface area contributed by atoms with Crippen LogP contribution < -0.4 is 4.74 Å². The zero-order valence-corrected chi connectivity index (χ0v) is 17.7. The molecule has 0 N–H and O–H groups in total. The van der Waals surface area contributed by atoms with Crippen molar-refractivity contribution < 1.29 is 14.1 Å². The van der Waals surface area contributed by atoms with Gasteiger partial charge in [-0.25, -0.2) is 0 Å². The van der Waals surface area contributed by atoms with Crippen LogP contribution in [-0.2, 0) is 10.2 Å². The summed E-state index contributed by atoms with van der Waals surface area (Å²) in [6.07, 6.45) is 2.14. The number of carbonyl (C=O) groups excluding carboxylic acids is 1. The predicted molar refractivity (Wildman–Crippen MR) is 115 cm³/mol. The smallest absolute Gasteiger partial charge is 0.260 e. The summed E-state index contributed by atoms with van der Waals surface area (Å²) in [4.78, 5) is 18.6. The van der Waals surface area contributed by atoms with E-state index in [0.717, 1.165) is 37.1 Å². The van der Waals surface area contributed by atoms with Gasteiger partial charge in [0, 0.05) is 24.2 Å². The lowest BCUT2D eigenvalue weighted by atomic mass is 9.87. The molecule has 0 bridgehead atoms. The average Bonchev–Trinajstić information content (AvgIpc) is 3.44. The van der Waals surface area contributed by atoms with Gasteiger partial charge in [0.25, 0.3) is 11.8 Å². The lowest BCUT2D eigenvalue weighted by Gasteiger charge is -2.18. The molecule has 4 rings (SSSR count). The second-order valence-corrected chi connectivity index (χ2v) is 8.65. The van der Waals surface area contributed by atoms with Crippen LogP contribution in [0.2, 0.25) is 0 Å². The lowest BCUT2D eigenvalue weighted by Crippen LogP contribution is -2.32. The quantitative estimate of drug-likeness (QED) is 0.615. The predicted octanol–water partition coefficient (Wildman–Crippen LogP) is 4.70. The van der Waals surface area contributed by atoms with E-state index in [0.29, 0.717) is 17.5 Å². The van der Waals surface area contributed by atoms with Gasteiger partial charge in [0.1, 0.15) is 5.75 Å². The Morgan fingerprint density at radius 3 is 2.50 bits per heavy atom. The number of amides is 1. The molecule has 0 saturated carbocycles. The van der Waals surface area contributed by atoms with Crippen molar-refractivity contribution in [2.24, 2.45) is 0 Å². The minimum Gasteiger partial charge on any atom is -0.484 e. The first-order valence-electron chi connectivity index (χ1n) is 10.4. The van der Waals surface area contributed by atoms with Crippen molar-refractivity contribution in [3.8, 4) is 28.6 Å². The molecule has 1 aliphatic heterocycles. The van der Waals surface area contributed by atoms with E-state index in [-0.39, 0.29) is 17.9 Å². The molecule has 0 spiro atoms. The average molecular weight is 405 g/mol. The lowest BCUT2D eigenvalue weighted by molar-refractivity contribution is -0.132. The summed E-state index contributed by atoms with van der Waals surface area (Å²) in [5.41, 5.74) is 3.00. The summed E-state index contributed by atoms with van der Waals surface area (Å²) in [6, 6.07) is 15.6. The largest absolute Gasteiger partial charge is 0.484 e. The van der Waals surface area contributed by atoms with Gasteiger partial charge in [-0.2, -0.15) is 4.98 Å². The van der Waals surface area contributed by atoms with Crippen LogP contribution in [0.15, 0.2) is 53.1 Å².